The van der Waals surface area contributed by atoms with E-state index in [0.717, 1.165) is 18.4 Å². The van der Waals surface area contributed by atoms with Gasteiger partial charge in [0.05, 0.1) is 12.5 Å². The second-order valence-electron chi connectivity index (χ2n) is 6.81. The van der Waals surface area contributed by atoms with E-state index in [9.17, 15) is 9.59 Å². The lowest BCUT2D eigenvalue weighted by atomic mass is 10.0. The molecule has 0 aliphatic heterocycles. The van der Waals surface area contributed by atoms with Crippen molar-refractivity contribution in [1.29, 1.82) is 0 Å². The summed E-state index contributed by atoms with van der Waals surface area (Å²) in [5.74, 6) is 0.239. The van der Waals surface area contributed by atoms with Crippen LogP contribution in [0.25, 0.3) is 0 Å². The van der Waals surface area contributed by atoms with Gasteiger partial charge in [-0.15, -0.1) is 0 Å². The molecule has 1 saturated carbocycles. The third kappa shape index (κ3) is 5.17. The Bertz CT molecular complexity index is 729. The normalized spacial score (nSPS) is 15.7. The quantitative estimate of drug-likeness (QED) is 0.683. The van der Waals surface area contributed by atoms with Gasteiger partial charge in [0.25, 0.3) is 5.91 Å². The van der Waals surface area contributed by atoms with Crippen molar-refractivity contribution in [3.8, 4) is 0 Å². The molecule has 2 unspecified atom stereocenters. The third-order valence-corrected chi connectivity index (χ3v) is 4.70. The van der Waals surface area contributed by atoms with Gasteiger partial charge in [-0.25, -0.2) is 0 Å². The Hall–Kier alpha value is -2.66. The molecule has 0 bridgehead atoms. The van der Waals surface area contributed by atoms with Gasteiger partial charge in [0.15, 0.2) is 0 Å². The number of benzene rings is 2. The Morgan fingerprint density at radius 3 is 2.23 bits per heavy atom. The molecule has 3 rings (SSSR count). The Balaban J connectivity index is 1.63. The summed E-state index contributed by atoms with van der Waals surface area (Å²) in [5, 5.41) is 5.87. The van der Waals surface area contributed by atoms with Crippen LogP contribution in [-0.4, -0.2) is 24.4 Å². The highest BCUT2D eigenvalue weighted by Gasteiger charge is 2.28. The summed E-state index contributed by atoms with van der Waals surface area (Å²) in [6, 6.07) is 18.2. The Morgan fingerprint density at radius 2 is 1.62 bits per heavy atom. The molecule has 0 heterocycles. The summed E-state index contributed by atoms with van der Waals surface area (Å²) in [6.07, 6.45) is 2.48. The van der Waals surface area contributed by atoms with Crippen molar-refractivity contribution >= 4 is 11.8 Å². The Kier molecular flexibility index (Phi) is 6.02. The molecule has 26 heavy (non-hydrogen) atoms. The molecule has 2 aromatic carbocycles. The first-order chi connectivity index (χ1) is 12.6. The van der Waals surface area contributed by atoms with Crippen molar-refractivity contribution in [2.24, 2.45) is 11.7 Å². The molecule has 1 aliphatic rings. The Morgan fingerprint density at radius 1 is 1.00 bits per heavy atom. The summed E-state index contributed by atoms with van der Waals surface area (Å²) < 4.78 is 0. The monoisotopic (exact) mass is 351 g/mol. The average molecular weight is 351 g/mol. The number of hydrogen-bond donors (Lipinski definition) is 3. The first kappa shape index (κ1) is 18.1. The van der Waals surface area contributed by atoms with Gasteiger partial charge in [0.1, 0.15) is 0 Å². The standard InChI is InChI=1S/C21H25N3O2/c22-18(15-11-12-15)14-23-20(25)13-19(16-7-3-1-4-8-16)24-21(26)17-9-5-2-6-10-17/h1-10,15,18-19H,11-14,22H2,(H,23,25)(H,24,26). The number of nitrogens with one attached hydrogen (secondary N) is 2. The van der Waals surface area contributed by atoms with E-state index >= 15 is 0 Å². The summed E-state index contributed by atoms with van der Waals surface area (Å²) in [6.45, 7) is 0.484. The van der Waals surface area contributed by atoms with Gasteiger partial charge in [-0.1, -0.05) is 48.5 Å². The smallest absolute Gasteiger partial charge is 0.251 e. The van der Waals surface area contributed by atoms with E-state index in [1.165, 1.54) is 0 Å². The van der Waals surface area contributed by atoms with E-state index in [1.807, 2.05) is 48.5 Å². The van der Waals surface area contributed by atoms with Gasteiger partial charge in [0.2, 0.25) is 5.91 Å². The van der Waals surface area contributed by atoms with Crippen LogP contribution in [0.3, 0.4) is 0 Å². The predicted molar refractivity (Wildman–Crippen MR) is 101 cm³/mol. The number of amides is 2. The molecule has 1 aliphatic carbocycles. The maximum absolute atomic E-state index is 12.5. The number of carbonyl (C=O) groups excluding carboxylic acids is 2. The molecule has 2 aromatic rings. The van der Waals surface area contributed by atoms with Crippen LogP contribution >= 0.6 is 0 Å². The zero-order valence-corrected chi connectivity index (χ0v) is 14.7. The first-order valence-corrected chi connectivity index (χ1v) is 9.06. The van der Waals surface area contributed by atoms with E-state index in [2.05, 4.69) is 10.6 Å². The molecule has 0 saturated heterocycles. The van der Waals surface area contributed by atoms with Crippen LogP contribution in [0.4, 0.5) is 0 Å². The molecule has 0 spiro atoms. The third-order valence-electron chi connectivity index (χ3n) is 4.70. The van der Waals surface area contributed by atoms with E-state index in [0.29, 0.717) is 18.0 Å². The van der Waals surface area contributed by atoms with Crippen molar-refractivity contribution in [2.45, 2.75) is 31.3 Å². The molecule has 5 nitrogen and oxygen atoms in total. The molecule has 5 heteroatoms. The largest absolute Gasteiger partial charge is 0.354 e. The van der Waals surface area contributed by atoms with Crippen molar-refractivity contribution in [2.75, 3.05) is 6.54 Å². The second-order valence-corrected chi connectivity index (χ2v) is 6.81. The summed E-state index contributed by atoms with van der Waals surface area (Å²) in [4.78, 5) is 24.9. The van der Waals surface area contributed by atoms with Crippen molar-refractivity contribution in [3.63, 3.8) is 0 Å². The molecule has 4 N–H and O–H groups in total. The molecule has 2 atom stereocenters. The molecule has 0 aromatic heterocycles. The van der Waals surface area contributed by atoms with Crippen LogP contribution in [0.2, 0.25) is 0 Å². The fourth-order valence-corrected chi connectivity index (χ4v) is 2.95. The van der Waals surface area contributed by atoms with Crippen molar-refractivity contribution in [1.82, 2.24) is 10.6 Å². The first-order valence-electron chi connectivity index (χ1n) is 9.06. The fourth-order valence-electron chi connectivity index (χ4n) is 2.95. The van der Waals surface area contributed by atoms with Gasteiger partial charge in [-0.3, -0.25) is 9.59 Å². The average Bonchev–Trinajstić information content (AvgIpc) is 3.52. The van der Waals surface area contributed by atoms with Crippen molar-refractivity contribution < 1.29 is 9.59 Å². The predicted octanol–water partition coefficient (Wildman–Crippen LogP) is 2.40. The van der Waals surface area contributed by atoms with Crippen LogP contribution in [0.1, 0.15) is 41.2 Å². The maximum atomic E-state index is 12.5. The SMILES string of the molecule is NC(CNC(=O)CC(NC(=O)c1ccccc1)c1ccccc1)C1CC1. The van der Waals surface area contributed by atoms with E-state index in [-0.39, 0.29) is 30.3 Å². The van der Waals surface area contributed by atoms with Crippen LogP contribution < -0.4 is 16.4 Å². The lowest BCUT2D eigenvalue weighted by molar-refractivity contribution is -0.121. The topological polar surface area (TPSA) is 84.2 Å². The van der Waals surface area contributed by atoms with Gasteiger partial charge >= 0.3 is 0 Å². The van der Waals surface area contributed by atoms with Crippen molar-refractivity contribution in [3.05, 3.63) is 71.8 Å². The van der Waals surface area contributed by atoms with E-state index in [1.54, 1.807) is 12.1 Å². The summed E-state index contributed by atoms with van der Waals surface area (Å²) in [5.41, 5.74) is 7.52. The highest BCUT2D eigenvalue weighted by Crippen LogP contribution is 2.31. The van der Waals surface area contributed by atoms with Crippen LogP contribution in [0.15, 0.2) is 60.7 Å². The minimum atomic E-state index is -0.388. The molecular formula is C21H25N3O2. The highest BCUT2D eigenvalue weighted by molar-refractivity contribution is 5.94. The molecule has 2 amide bonds. The fraction of sp³-hybridized carbons (Fsp3) is 0.333. The summed E-state index contributed by atoms with van der Waals surface area (Å²) >= 11 is 0. The van der Waals surface area contributed by atoms with Gasteiger partial charge in [0, 0.05) is 18.2 Å². The minimum absolute atomic E-state index is 0.0213. The molecule has 136 valence electrons. The van der Waals surface area contributed by atoms with E-state index in [4.69, 9.17) is 5.73 Å². The number of hydrogen-bond acceptors (Lipinski definition) is 3. The summed E-state index contributed by atoms with van der Waals surface area (Å²) in [7, 11) is 0. The molecular weight excluding hydrogens is 326 g/mol. The zero-order valence-electron chi connectivity index (χ0n) is 14.7. The Labute approximate surface area is 154 Å². The number of carbonyl (C=O) groups is 2. The highest BCUT2D eigenvalue weighted by atomic mass is 16.2. The van der Waals surface area contributed by atoms with Crippen LogP contribution in [0.5, 0.6) is 0 Å². The van der Waals surface area contributed by atoms with Gasteiger partial charge in [-0.05, 0) is 36.5 Å². The van der Waals surface area contributed by atoms with Crippen LogP contribution in [-0.2, 0) is 4.79 Å². The van der Waals surface area contributed by atoms with E-state index < -0.39 is 0 Å². The molecule has 0 radical (unpaired) electrons. The zero-order chi connectivity index (χ0) is 18.4. The minimum Gasteiger partial charge on any atom is -0.354 e. The lowest BCUT2D eigenvalue weighted by Crippen LogP contribution is -2.40. The number of rotatable bonds is 8. The van der Waals surface area contributed by atoms with Gasteiger partial charge < -0.3 is 16.4 Å². The van der Waals surface area contributed by atoms with Gasteiger partial charge in [-0.2, -0.15) is 0 Å². The maximum Gasteiger partial charge on any atom is 0.251 e. The molecule has 1 fully saturated rings. The van der Waals surface area contributed by atoms with Crippen LogP contribution in [0, 0.1) is 5.92 Å². The number of nitrogens with two attached hydrogens (primary N) is 1. The second kappa shape index (κ2) is 8.63. The lowest BCUT2D eigenvalue weighted by Gasteiger charge is -2.20.